The van der Waals surface area contributed by atoms with Crippen LogP contribution in [0.25, 0.3) is 0 Å². The molecule has 0 spiro atoms. The number of rotatable bonds is 1. The predicted octanol–water partition coefficient (Wildman–Crippen LogP) is 1.54. The van der Waals surface area contributed by atoms with E-state index in [1.54, 1.807) is 6.20 Å². The second kappa shape index (κ2) is 2.76. The normalized spacial score (nSPS) is 9.67. The zero-order valence-electron chi connectivity index (χ0n) is 5.83. The quantitative estimate of drug-likeness (QED) is 0.546. The third-order valence-corrected chi connectivity index (χ3v) is 1.35. The first-order valence-electron chi connectivity index (χ1n) is 3.20. The van der Waals surface area contributed by atoms with Gasteiger partial charge in [0.25, 0.3) is 0 Å². The summed E-state index contributed by atoms with van der Waals surface area (Å²) in [7, 11) is 0. The van der Waals surface area contributed by atoms with Gasteiger partial charge in [-0.15, -0.1) is 0 Å². The van der Waals surface area contributed by atoms with Crippen molar-refractivity contribution in [2.45, 2.75) is 19.8 Å². The van der Waals surface area contributed by atoms with Crippen LogP contribution < -0.4 is 0 Å². The Morgan fingerprint density at radius 1 is 1.56 bits per heavy atom. The Kier molecular flexibility index (Phi) is 1.98. The van der Waals surface area contributed by atoms with Crippen LogP contribution in [-0.2, 0) is 0 Å². The van der Waals surface area contributed by atoms with Crippen LogP contribution in [0.5, 0.6) is 0 Å². The third kappa shape index (κ3) is 1.63. The minimum atomic E-state index is 0.596. The van der Waals surface area contributed by atoms with Crippen molar-refractivity contribution in [1.82, 2.24) is 4.98 Å². The Hall–Kier alpha value is -0.655. The molecule has 46 valence electrons. The van der Waals surface area contributed by atoms with E-state index in [2.05, 4.69) is 25.7 Å². The summed E-state index contributed by atoms with van der Waals surface area (Å²) in [5.41, 5.74) is 1.30. The van der Waals surface area contributed by atoms with Crippen LogP contribution in [-0.4, -0.2) is 11.9 Å². The van der Waals surface area contributed by atoms with E-state index in [0.29, 0.717) is 5.92 Å². The number of aromatic nitrogens is 1. The summed E-state index contributed by atoms with van der Waals surface area (Å²) >= 11 is 0. The summed E-state index contributed by atoms with van der Waals surface area (Å²) < 4.78 is 0. The van der Waals surface area contributed by atoms with Gasteiger partial charge in [0.05, 0.1) is 0 Å². The van der Waals surface area contributed by atoms with E-state index in [4.69, 9.17) is 0 Å². The summed E-state index contributed by atoms with van der Waals surface area (Å²) in [5, 5.41) is 0. The summed E-state index contributed by atoms with van der Waals surface area (Å²) in [5.74, 6) is 2.56. The minimum absolute atomic E-state index is 0.596. The summed E-state index contributed by atoms with van der Waals surface area (Å²) in [6.45, 7) is 6.42. The van der Waals surface area contributed by atoms with Crippen molar-refractivity contribution in [2.75, 3.05) is 0 Å². The molecule has 1 heterocycles. The molecular weight excluding hydrogens is 109 g/mol. The molecule has 1 rings (SSSR count). The summed E-state index contributed by atoms with van der Waals surface area (Å²) in [6, 6.07) is 0. The van der Waals surface area contributed by atoms with E-state index in [9.17, 15) is 0 Å². The first kappa shape index (κ1) is 6.46. The van der Waals surface area contributed by atoms with Gasteiger partial charge in [0.2, 0.25) is 0 Å². The fourth-order valence-electron chi connectivity index (χ4n) is 0.717. The maximum atomic E-state index is 4.01. The standard InChI is InChI=1S/C7H10BN/c1-6(2)7-5-9-4-3-8-7/h3-6H,1-2H3. The van der Waals surface area contributed by atoms with Gasteiger partial charge in [-0.3, -0.25) is 0 Å². The molecule has 0 unspecified atom stereocenters. The van der Waals surface area contributed by atoms with Crippen molar-refractivity contribution < 1.29 is 0 Å². The fraction of sp³-hybridized carbons (Fsp3) is 0.429. The molecule has 0 N–H and O–H groups in total. The molecule has 0 amide bonds. The van der Waals surface area contributed by atoms with E-state index in [0.717, 1.165) is 0 Å². The van der Waals surface area contributed by atoms with Crippen LogP contribution >= 0.6 is 0 Å². The van der Waals surface area contributed by atoms with Gasteiger partial charge >= 0.3 is 55.5 Å². The van der Waals surface area contributed by atoms with Crippen LogP contribution in [0.4, 0.5) is 0 Å². The van der Waals surface area contributed by atoms with Gasteiger partial charge < -0.3 is 0 Å². The van der Waals surface area contributed by atoms with Crippen molar-refractivity contribution in [3.8, 4) is 0 Å². The van der Waals surface area contributed by atoms with Crippen molar-refractivity contribution >= 4 is 6.91 Å². The molecule has 0 aliphatic rings. The fourth-order valence-corrected chi connectivity index (χ4v) is 0.717. The molecule has 0 radical (unpaired) electrons. The van der Waals surface area contributed by atoms with E-state index >= 15 is 0 Å². The Balaban J connectivity index is 2.85. The molecule has 0 atom stereocenters. The number of hydrogen-bond donors (Lipinski definition) is 0. The van der Waals surface area contributed by atoms with Gasteiger partial charge in [-0.2, -0.15) is 0 Å². The molecule has 0 saturated heterocycles. The Bertz CT molecular complexity index is 172. The zero-order chi connectivity index (χ0) is 6.69. The van der Waals surface area contributed by atoms with Crippen molar-refractivity contribution in [2.24, 2.45) is 0 Å². The van der Waals surface area contributed by atoms with Crippen LogP contribution in [0, 0.1) is 0 Å². The van der Waals surface area contributed by atoms with E-state index in [1.807, 2.05) is 12.2 Å². The molecule has 1 nitrogen and oxygen atoms in total. The van der Waals surface area contributed by atoms with Crippen molar-refractivity contribution in [1.29, 1.82) is 0 Å². The van der Waals surface area contributed by atoms with Gasteiger partial charge in [-0.05, 0) is 0 Å². The van der Waals surface area contributed by atoms with Crippen LogP contribution in [0.1, 0.15) is 25.2 Å². The van der Waals surface area contributed by atoms with Crippen molar-refractivity contribution in [3.63, 3.8) is 0 Å². The van der Waals surface area contributed by atoms with Crippen LogP contribution in [0.15, 0.2) is 18.4 Å². The molecule has 0 bridgehead atoms. The summed E-state index contributed by atoms with van der Waals surface area (Å²) in [6.07, 6.45) is 3.70. The maximum absolute atomic E-state index is 4.01. The van der Waals surface area contributed by atoms with Gasteiger partial charge in [0.1, 0.15) is 0 Å². The van der Waals surface area contributed by atoms with E-state index in [1.165, 1.54) is 5.46 Å². The SMILES string of the molecule is CC(C)c1bccnc1. The average Bonchev–Trinajstić information content (AvgIpc) is 1.90. The molecule has 9 heavy (non-hydrogen) atoms. The molecule has 0 aliphatic carbocycles. The molecule has 0 fully saturated rings. The first-order chi connectivity index (χ1) is 4.30. The van der Waals surface area contributed by atoms with E-state index in [-0.39, 0.29) is 0 Å². The van der Waals surface area contributed by atoms with Gasteiger partial charge in [0, 0.05) is 0 Å². The summed E-state index contributed by atoms with van der Waals surface area (Å²) in [4.78, 5) is 4.01. The monoisotopic (exact) mass is 119 g/mol. The zero-order valence-corrected chi connectivity index (χ0v) is 5.83. The van der Waals surface area contributed by atoms with Gasteiger partial charge in [-0.25, -0.2) is 0 Å². The average molecular weight is 119 g/mol. The number of nitrogens with zero attached hydrogens (tertiary/aromatic N) is 1. The third-order valence-electron chi connectivity index (χ3n) is 1.35. The van der Waals surface area contributed by atoms with Gasteiger partial charge in [0.15, 0.2) is 0 Å². The molecule has 1 aromatic heterocycles. The van der Waals surface area contributed by atoms with Crippen molar-refractivity contribution in [3.05, 3.63) is 23.8 Å². The Morgan fingerprint density at radius 3 is 2.67 bits per heavy atom. The molecule has 0 aliphatic heterocycles. The van der Waals surface area contributed by atoms with Crippen LogP contribution in [0.3, 0.4) is 0 Å². The molecule has 1 aromatic rings. The second-order valence-corrected chi connectivity index (χ2v) is 2.44. The molecular formula is C7H10BN. The van der Waals surface area contributed by atoms with Crippen LogP contribution in [0.2, 0.25) is 0 Å². The molecule has 0 saturated carbocycles. The second-order valence-electron chi connectivity index (χ2n) is 2.44. The van der Waals surface area contributed by atoms with Gasteiger partial charge in [-0.1, -0.05) is 0 Å². The Labute approximate surface area is 56.3 Å². The molecule has 0 aromatic carbocycles. The number of hydrogen-bond acceptors (Lipinski definition) is 1. The first-order valence-corrected chi connectivity index (χ1v) is 3.20. The predicted molar refractivity (Wildman–Crippen MR) is 39.7 cm³/mol. The molecule has 2 heteroatoms. The topological polar surface area (TPSA) is 12.9 Å². The Morgan fingerprint density at radius 2 is 2.33 bits per heavy atom. The van der Waals surface area contributed by atoms with E-state index < -0.39 is 0 Å².